The highest BCUT2D eigenvalue weighted by atomic mass is 32.1. The van der Waals surface area contributed by atoms with Gasteiger partial charge in [-0.1, -0.05) is 84.9 Å². The fourth-order valence-corrected chi connectivity index (χ4v) is 6.99. The zero-order chi connectivity index (χ0) is 22.5. The maximum atomic E-state index is 2.34. The lowest BCUT2D eigenvalue weighted by atomic mass is 9.95. The largest absolute Gasteiger partial charge is 0.134 e. The normalized spacial score (nSPS) is 11.5. The number of rotatable bonds is 3. The van der Waals surface area contributed by atoms with Crippen LogP contribution in [0.2, 0.25) is 0 Å². The van der Waals surface area contributed by atoms with Crippen LogP contribution in [0.15, 0.2) is 121 Å². The van der Waals surface area contributed by atoms with Crippen molar-refractivity contribution in [3.63, 3.8) is 0 Å². The van der Waals surface area contributed by atoms with E-state index in [9.17, 15) is 0 Å². The molecule has 34 heavy (non-hydrogen) atoms. The Morgan fingerprint density at radius 3 is 1.85 bits per heavy atom. The second-order valence-corrected chi connectivity index (χ2v) is 10.7. The third kappa shape index (κ3) is 3.27. The minimum Gasteiger partial charge on any atom is -0.134 e. The van der Waals surface area contributed by atoms with E-state index in [-0.39, 0.29) is 0 Å². The van der Waals surface area contributed by atoms with Crippen molar-refractivity contribution in [2.45, 2.75) is 0 Å². The van der Waals surface area contributed by atoms with Crippen molar-refractivity contribution < 1.29 is 0 Å². The Hall–Kier alpha value is -3.72. The van der Waals surface area contributed by atoms with Crippen molar-refractivity contribution in [1.82, 2.24) is 0 Å². The SMILES string of the molecule is c1ccc(-c2ccc(-c3ccc(-c4cccc5c4ccc4cc6ccccc6cc45)s3)s2)cc1. The van der Waals surface area contributed by atoms with Crippen LogP contribution >= 0.6 is 22.7 Å². The zero-order valence-corrected chi connectivity index (χ0v) is 20.0. The molecule has 0 nitrogen and oxygen atoms in total. The lowest BCUT2D eigenvalue weighted by Gasteiger charge is -2.09. The molecular formula is C32H20S2. The Labute approximate surface area is 206 Å². The van der Waals surface area contributed by atoms with Crippen LogP contribution in [0.4, 0.5) is 0 Å². The highest BCUT2D eigenvalue weighted by Crippen LogP contribution is 2.42. The molecule has 0 atom stereocenters. The Morgan fingerprint density at radius 1 is 0.353 bits per heavy atom. The van der Waals surface area contributed by atoms with Gasteiger partial charge in [-0.2, -0.15) is 0 Å². The van der Waals surface area contributed by atoms with Crippen LogP contribution < -0.4 is 0 Å². The molecule has 2 aromatic heterocycles. The molecule has 0 unspecified atom stereocenters. The van der Waals surface area contributed by atoms with Crippen LogP contribution in [0, 0.1) is 0 Å². The molecule has 0 radical (unpaired) electrons. The molecule has 0 N–H and O–H groups in total. The van der Waals surface area contributed by atoms with Crippen molar-refractivity contribution >= 4 is 55.0 Å². The first-order chi connectivity index (χ1) is 16.8. The van der Waals surface area contributed by atoms with E-state index in [1.165, 1.54) is 63.0 Å². The minimum atomic E-state index is 1.28. The van der Waals surface area contributed by atoms with E-state index in [0.29, 0.717) is 0 Å². The predicted octanol–water partition coefficient (Wildman–Crippen LogP) is 10.3. The molecule has 0 aliphatic rings. The Bertz CT molecular complexity index is 1800. The monoisotopic (exact) mass is 468 g/mol. The van der Waals surface area contributed by atoms with Gasteiger partial charge < -0.3 is 0 Å². The van der Waals surface area contributed by atoms with Crippen molar-refractivity contribution in [3.05, 3.63) is 121 Å². The van der Waals surface area contributed by atoms with Crippen LogP contribution in [-0.4, -0.2) is 0 Å². The number of thiophene rings is 2. The van der Waals surface area contributed by atoms with E-state index in [1.54, 1.807) is 0 Å². The van der Waals surface area contributed by atoms with Crippen LogP contribution in [0.1, 0.15) is 0 Å². The Balaban J connectivity index is 1.33. The average Bonchev–Trinajstić information content (AvgIpc) is 3.58. The topological polar surface area (TPSA) is 0 Å². The quantitative estimate of drug-likeness (QED) is 0.179. The van der Waals surface area contributed by atoms with Gasteiger partial charge in [-0.05, 0) is 79.8 Å². The van der Waals surface area contributed by atoms with Gasteiger partial charge in [0.25, 0.3) is 0 Å². The molecule has 0 saturated heterocycles. The van der Waals surface area contributed by atoms with Crippen molar-refractivity contribution in [3.8, 4) is 30.6 Å². The summed E-state index contributed by atoms with van der Waals surface area (Å²) >= 11 is 3.75. The molecule has 0 saturated carbocycles. The average molecular weight is 469 g/mol. The van der Waals surface area contributed by atoms with Gasteiger partial charge in [0.1, 0.15) is 0 Å². The van der Waals surface area contributed by atoms with E-state index in [0.717, 1.165) is 0 Å². The highest BCUT2D eigenvalue weighted by molar-refractivity contribution is 7.25. The fraction of sp³-hybridized carbons (Fsp3) is 0. The van der Waals surface area contributed by atoms with Gasteiger partial charge in [-0.3, -0.25) is 0 Å². The molecule has 0 amide bonds. The van der Waals surface area contributed by atoms with E-state index in [1.807, 2.05) is 22.7 Å². The maximum Gasteiger partial charge on any atom is 0.0449 e. The number of hydrogen-bond donors (Lipinski definition) is 0. The number of benzene rings is 5. The third-order valence-corrected chi connectivity index (χ3v) is 8.97. The smallest absolute Gasteiger partial charge is 0.0449 e. The Morgan fingerprint density at radius 2 is 1.03 bits per heavy atom. The van der Waals surface area contributed by atoms with Gasteiger partial charge in [0.05, 0.1) is 0 Å². The first-order valence-corrected chi connectivity index (χ1v) is 13.1. The minimum absolute atomic E-state index is 1.28. The van der Waals surface area contributed by atoms with Crippen LogP contribution in [0.25, 0.3) is 63.0 Å². The van der Waals surface area contributed by atoms with E-state index in [4.69, 9.17) is 0 Å². The first kappa shape index (κ1) is 19.7. The van der Waals surface area contributed by atoms with Gasteiger partial charge in [-0.15, -0.1) is 22.7 Å². The number of hydrogen-bond acceptors (Lipinski definition) is 2. The molecule has 7 aromatic rings. The van der Waals surface area contributed by atoms with Crippen molar-refractivity contribution in [1.29, 1.82) is 0 Å². The van der Waals surface area contributed by atoms with Gasteiger partial charge in [0, 0.05) is 19.5 Å². The molecule has 0 fully saturated rings. The van der Waals surface area contributed by atoms with Gasteiger partial charge in [0.15, 0.2) is 0 Å². The molecular weight excluding hydrogens is 448 g/mol. The summed E-state index contributed by atoms with van der Waals surface area (Å²) in [5, 5.41) is 7.83. The maximum absolute atomic E-state index is 2.34. The second-order valence-electron chi connectivity index (χ2n) is 8.58. The summed E-state index contributed by atoms with van der Waals surface area (Å²) < 4.78 is 0. The van der Waals surface area contributed by atoms with Gasteiger partial charge >= 0.3 is 0 Å². The zero-order valence-electron chi connectivity index (χ0n) is 18.4. The van der Waals surface area contributed by atoms with Crippen molar-refractivity contribution in [2.24, 2.45) is 0 Å². The second kappa shape index (κ2) is 7.95. The molecule has 0 bridgehead atoms. The van der Waals surface area contributed by atoms with E-state index >= 15 is 0 Å². The molecule has 0 aliphatic heterocycles. The molecule has 0 spiro atoms. The van der Waals surface area contributed by atoms with Gasteiger partial charge in [-0.25, -0.2) is 0 Å². The van der Waals surface area contributed by atoms with Crippen LogP contribution in [0.5, 0.6) is 0 Å². The molecule has 160 valence electrons. The summed E-state index contributed by atoms with van der Waals surface area (Å²) in [6.45, 7) is 0. The molecule has 2 heteroatoms. The standard InChI is InChI=1S/C32H20S2/c1-2-7-21(8-3-1)29-15-17-31(33-29)32-18-16-30(34-32)27-12-6-11-25-26(27)14-13-24-19-22-9-4-5-10-23(22)20-28(24)25/h1-20H. The summed E-state index contributed by atoms with van der Waals surface area (Å²) in [7, 11) is 0. The molecule has 0 aliphatic carbocycles. The molecule has 5 aromatic carbocycles. The van der Waals surface area contributed by atoms with Gasteiger partial charge in [0.2, 0.25) is 0 Å². The first-order valence-electron chi connectivity index (χ1n) is 11.4. The third-order valence-electron chi connectivity index (χ3n) is 6.52. The molecule has 2 heterocycles. The summed E-state index contributed by atoms with van der Waals surface area (Å²) in [5.41, 5.74) is 2.59. The van der Waals surface area contributed by atoms with Crippen LogP contribution in [-0.2, 0) is 0 Å². The lowest BCUT2D eigenvalue weighted by Crippen LogP contribution is -1.82. The highest BCUT2D eigenvalue weighted by Gasteiger charge is 2.12. The Kier molecular flexibility index (Phi) is 4.61. The summed E-state index contributed by atoms with van der Waals surface area (Å²) in [4.78, 5) is 5.28. The van der Waals surface area contributed by atoms with E-state index in [2.05, 4.69) is 121 Å². The lowest BCUT2D eigenvalue weighted by molar-refractivity contribution is 1.70. The summed E-state index contributed by atoms with van der Waals surface area (Å²) in [6.07, 6.45) is 0. The molecule has 7 rings (SSSR count). The van der Waals surface area contributed by atoms with E-state index < -0.39 is 0 Å². The summed E-state index contributed by atoms with van der Waals surface area (Å²) in [5.74, 6) is 0. The fourth-order valence-electron chi connectivity index (χ4n) is 4.84. The van der Waals surface area contributed by atoms with Crippen molar-refractivity contribution in [2.75, 3.05) is 0 Å². The number of fused-ring (bicyclic) bond motifs is 4. The predicted molar refractivity (Wildman–Crippen MR) is 151 cm³/mol. The summed E-state index contributed by atoms with van der Waals surface area (Å²) in [6, 6.07) is 44.2. The van der Waals surface area contributed by atoms with Crippen LogP contribution in [0.3, 0.4) is 0 Å².